The van der Waals surface area contributed by atoms with Crippen LogP contribution in [0.2, 0.25) is 0 Å². The molecule has 0 bridgehead atoms. The lowest BCUT2D eigenvalue weighted by molar-refractivity contribution is -0.172. The molecule has 5 rings (SSSR count). The van der Waals surface area contributed by atoms with Gasteiger partial charge in [0.25, 0.3) is 0 Å². The molecule has 0 amide bonds. The summed E-state index contributed by atoms with van der Waals surface area (Å²) in [5, 5.41) is 0. The first-order valence-electron chi connectivity index (χ1n) is 14.5. The third-order valence-corrected chi connectivity index (χ3v) is 11.6. The fourth-order valence-electron chi connectivity index (χ4n) is 9.54. The van der Waals surface area contributed by atoms with Gasteiger partial charge in [-0.15, -0.1) is 0 Å². The third-order valence-electron chi connectivity index (χ3n) is 11.6. The Morgan fingerprint density at radius 2 is 1.81 bits per heavy atom. The summed E-state index contributed by atoms with van der Waals surface area (Å²) in [4.78, 5) is 37.7. The lowest BCUT2D eigenvalue weighted by Crippen LogP contribution is -2.59. The number of fused-ring (bicyclic) bond motifs is 5. The van der Waals surface area contributed by atoms with Crippen molar-refractivity contribution in [2.75, 3.05) is 7.11 Å². The standard InChI is InChI=1S/C32H44O5/c1-20(10-15-29(34)36-4)25-13-14-26-24-12-11-22-18-23(33)16-17-31(22,2)27(24)19-28(32(25,26)3)37-30(35)21-8-6-5-7-9-21/h5-9,20,22,24-28H,10-19H2,1-4H3/t20?,22-,24?,25?,26?,27?,28+,31+,32-/m1/s1. The quantitative estimate of drug-likeness (QED) is 0.403. The molecule has 5 nitrogen and oxygen atoms in total. The molecular formula is C32H44O5. The average Bonchev–Trinajstić information content (AvgIpc) is 3.26. The van der Waals surface area contributed by atoms with E-state index in [0.29, 0.717) is 59.7 Å². The fourth-order valence-corrected chi connectivity index (χ4v) is 9.54. The van der Waals surface area contributed by atoms with Crippen LogP contribution >= 0.6 is 0 Å². The minimum Gasteiger partial charge on any atom is -0.469 e. The van der Waals surface area contributed by atoms with Crippen LogP contribution in [0, 0.1) is 46.3 Å². The summed E-state index contributed by atoms with van der Waals surface area (Å²) < 4.78 is 11.4. The van der Waals surface area contributed by atoms with Crippen LogP contribution in [-0.4, -0.2) is 30.9 Å². The molecule has 1 aromatic rings. The summed E-state index contributed by atoms with van der Waals surface area (Å²) in [7, 11) is 1.45. The van der Waals surface area contributed by atoms with Crippen molar-refractivity contribution in [3.63, 3.8) is 0 Å². The zero-order chi connectivity index (χ0) is 26.4. The second kappa shape index (κ2) is 10.2. The number of carbonyl (C=O) groups is 3. The molecule has 5 unspecified atom stereocenters. The largest absolute Gasteiger partial charge is 0.469 e. The van der Waals surface area contributed by atoms with Crippen LogP contribution in [0.25, 0.3) is 0 Å². The Kier molecular flexibility index (Phi) is 7.28. The molecule has 9 atom stereocenters. The van der Waals surface area contributed by atoms with Crippen molar-refractivity contribution in [1.29, 1.82) is 0 Å². The molecule has 5 heteroatoms. The molecule has 0 aliphatic heterocycles. The second-order valence-electron chi connectivity index (χ2n) is 13.0. The Labute approximate surface area is 222 Å². The molecule has 4 saturated carbocycles. The van der Waals surface area contributed by atoms with E-state index in [1.807, 2.05) is 30.3 Å². The predicted molar refractivity (Wildman–Crippen MR) is 142 cm³/mol. The molecule has 0 aromatic heterocycles. The van der Waals surface area contributed by atoms with Crippen LogP contribution in [0.4, 0.5) is 0 Å². The van der Waals surface area contributed by atoms with Gasteiger partial charge in [-0.2, -0.15) is 0 Å². The lowest BCUT2D eigenvalue weighted by Gasteiger charge is -2.62. The number of carbonyl (C=O) groups excluding carboxylic acids is 3. The predicted octanol–water partition coefficient (Wildman–Crippen LogP) is 6.64. The molecule has 37 heavy (non-hydrogen) atoms. The van der Waals surface area contributed by atoms with Crippen LogP contribution in [0.1, 0.15) is 95.3 Å². The van der Waals surface area contributed by atoms with Crippen LogP contribution in [-0.2, 0) is 19.1 Å². The molecule has 1 aromatic carbocycles. The first-order valence-corrected chi connectivity index (χ1v) is 14.5. The normalized spacial score (nSPS) is 39.6. The van der Waals surface area contributed by atoms with Crippen molar-refractivity contribution >= 4 is 17.7 Å². The van der Waals surface area contributed by atoms with Crippen LogP contribution < -0.4 is 0 Å². The van der Waals surface area contributed by atoms with E-state index in [1.165, 1.54) is 13.5 Å². The SMILES string of the molecule is COC(=O)CCC(C)C1CCC2C3CC[C@@H]4CC(=O)CC[C@]4(C)C3C[C@H](OC(=O)c3ccccc3)[C@]12C. The summed E-state index contributed by atoms with van der Waals surface area (Å²) in [6.45, 7) is 7.10. The van der Waals surface area contributed by atoms with E-state index in [1.54, 1.807) is 0 Å². The lowest BCUT2D eigenvalue weighted by atomic mass is 9.43. The molecule has 4 aliphatic rings. The van der Waals surface area contributed by atoms with Crippen molar-refractivity contribution in [3.8, 4) is 0 Å². The highest BCUT2D eigenvalue weighted by Gasteiger charge is 2.65. The number of methoxy groups -OCH3 is 1. The van der Waals surface area contributed by atoms with Crippen molar-refractivity contribution < 1.29 is 23.9 Å². The van der Waals surface area contributed by atoms with Crippen molar-refractivity contribution in [2.24, 2.45) is 46.3 Å². The van der Waals surface area contributed by atoms with Crippen LogP contribution in [0.15, 0.2) is 30.3 Å². The van der Waals surface area contributed by atoms with Crippen molar-refractivity contribution in [3.05, 3.63) is 35.9 Å². The minimum atomic E-state index is -0.228. The molecule has 0 radical (unpaired) electrons. The van der Waals surface area contributed by atoms with Crippen molar-refractivity contribution in [2.45, 2.75) is 91.1 Å². The maximum atomic E-state index is 13.4. The first kappa shape index (κ1) is 26.4. The summed E-state index contributed by atoms with van der Waals surface area (Å²) in [5.74, 6) is 2.85. The van der Waals surface area contributed by atoms with E-state index < -0.39 is 0 Å². The molecule has 0 heterocycles. The number of ketones is 1. The van der Waals surface area contributed by atoms with Gasteiger partial charge in [0.15, 0.2) is 0 Å². The van der Waals surface area contributed by atoms with Crippen molar-refractivity contribution in [1.82, 2.24) is 0 Å². The third kappa shape index (κ3) is 4.55. The monoisotopic (exact) mass is 508 g/mol. The molecule has 202 valence electrons. The van der Waals surface area contributed by atoms with E-state index in [9.17, 15) is 14.4 Å². The van der Waals surface area contributed by atoms with Crippen LogP contribution in [0.3, 0.4) is 0 Å². The maximum Gasteiger partial charge on any atom is 0.338 e. The summed E-state index contributed by atoms with van der Waals surface area (Å²) in [6, 6.07) is 9.37. The number of hydrogen-bond acceptors (Lipinski definition) is 5. The average molecular weight is 509 g/mol. The number of esters is 2. The maximum absolute atomic E-state index is 13.4. The van der Waals surface area contributed by atoms with Gasteiger partial charge in [-0.25, -0.2) is 4.79 Å². The fraction of sp³-hybridized carbons (Fsp3) is 0.719. The highest BCUT2D eigenvalue weighted by atomic mass is 16.5. The van der Waals surface area contributed by atoms with Crippen LogP contribution in [0.5, 0.6) is 0 Å². The Morgan fingerprint density at radius 3 is 2.54 bits per heavy atom. The van der Waals surface area contributed by atoms with Gasteiger partial charge in [0, 0.05) is 24.7 Å². The minimum absolute atomic E-state index is 0.116. The molecule has 0 N–H and O–H groups in total. The summed E-state index contributed by atoms with van der Waals surface area (Å²) in [5.41, 5.74) is 0.632. The van der Waals surface area contributed by atoms with E-state index in [0.717, 1.165) is 44.9 Å². The number of ether oxygens (including phenoxy) is 2. The topological polar surface area (TPSA) is 69.7 Å². The van der Waals surface area contributed by atoms with Gasteiger partial charge in [-0.05, 0) is 98.0 Å². The number of benzene rings is 1. The zero-order valence-corrected chi connectivity index (χ0v) is 23.0. The highest BCUT2D eigenvalue weighted by Crippen LogP contribution is 2.68. The van der Waals surface area contributed by atoms with Gasteiger partial charge in [0.2, 0.25) is 0 Å². The number of Topliss-reactive ketones (excluding diaryl/α,β-unsaturated/α-hetero) is 1. The highest BCUT2D eigenvalue weighted by molar-refractivity contribution is 5.89. The number of rotatable bonds is 6. The summed E-state index contributed by atoms with van der Waals surface area (Å²) in [6.07, 6.45) is 8.95. The Hall–Kier alpha value is -2.17. The molecule has 0 spiro atoms. The van der Waals surface area contributed by atoms with Gasteiger partial charge >= 0.3 is 11.9 Å². The van der Waals surface area contributed by atoms with Gasteiger partial charge in [0.1, 0.15) is 11.9 Å². The zero-order valence-electron chi connectivity index (χ0n) is 23.0. The smallest absolute Gasteiger partial charge is 0.338 e. The molecule has 0 saturated heterocycles. The molecule has 4 aliphatic carbocycles. The van der Waals surface area contributed by atoms with Gasteiger partial charge in [-0.1, -0.05) is 39.0 Å². The van der Waals surface area contributed by atoms with Gasteiger partial charge < -0.3 is 9.47 Å². The second-order valence-corrected chi connectivity index (χ2v) is 13.0. The van der Waals surface area contributed by atoms with Gasteiger partial charge in [0.05, 0.1) is 12.7 Å². The van der Waals surface area contributed by atoms with Gasteiger partial charge in [-0.3, -0.25) is 9.59 Å². The van der Waals surface area contributed by atoms with E-state index >= 15 is 0 Å². The van der Waals surface area contributed by atoms with E-state index in [4.69, 9.17) is 9.47 Å². The Morgan fingerprint density at radius 1 is 1.05 bits per heavy atom. The molecular weight excluding hydrogens is 464 g/mol. The number of hydrogen-bond donors (Lipinski definition) is 0. The summed E-state index contributed by atoms with van der Waals surface area (Å²) >= 11 is 0. The first-order chi connectivity index (χ1) is 17.7. The molecule has 4 fully saturated rings. The van der Waals surface area contributed by atoms with E-state index in [-0.39, 0.29) is 28.9 Å². The Balaban J connectivity index is 1.47. The van der Waals surface area contributed by atoms with E-state index in [2.05, 4.69) is 20.8 Å². The Bertz CT molecular complexity index is 1020.